The molecule has 0 saturated carbocycles. The van der Waals surface area contributed by atoms with Crippen LogP contribution in [0.1, 0.15) is 5.56 Å². The number of carbonyl (C=O) groups is 1. The molecule has 0 unspecified atom stereocenters. The zero-order valence-corrected chi connectivity index (χ0v) is 9.08. The van der Waals surface area contributed by atoms with Crippen molar-refractivity contribution in [1.29, 1.82) is 0 Å². The number of hydrogen-bond donors (Lipinski definition) is 0. The number of benzene rings is 1. The molecule has 2 nitrogen and oxygen atoms in total. The molecular formula is C11H9BrO2. The number of ether oxygens (including phenoxy) is 1. The highest BCUT2D eigenvalue weighted by molar-refractivity contribution is 9.12. The maximum atomic E-state index is 11.0. The van der Waals surface area contributed by atoms with E-state index in [1.807, 2.05) is 30.3 Å². The highest BCUT2D eigenvalue weighted by Crippen LogP contribution is 2.24. The van der Waals surface area contributed by atoms with E-state index >= 15 is 0 Å². The standard InChI is InChI=1S/C11H9BrO2/c12-10-9(7-14-11(10)13)6-8-4-2-1-3-5-8/h1-5H,6-7H2. The summed E-state index contributed by atoms with van der Waals surface area (Å²) in [4.78, 5) is 11.0. The van der Waals surface area contributed by atoms with Gasteiger partial charge in [-0.05, 0) is 33.5 Å². The molecular weight excluding hydrogens is 244 g/mol. The van der Waals surface area contributed by atoms with Crippen LogP contribution in [0.2, 0.25) is 0 Å². The van der Waals surface area contributed by atoms with Crippen molar-refractivity contribution < 1.29 is 9.53 Å². The van der Waals surface area contributed by atoms with Gasteiger partial charge in [0.15, 0.2) is 0 Å². The Morgan fingerprint density at radius 1 is 1.29 bits per heavy atom. The van der Waals surface area contributed by atoms with Gasteiger partial charge in [-0.3, -0.25) is 0 Å². The topological polar surface area (TPSA) is 26.3 Å². The van der Waals surface area contributed by atoms with Crippen LogP contribution < -0.4 is 0 Å². The van der Waals surface area contributed by atoms with E-state index in [2.05, 4.69) is 15.9 Å². The second-order valence-electron chi connectivity index (χ2n) is 3.16. The van der Waals surface area contributed by atoms with Gasteiger partial charge in [0, 0.05) is 0 Å². The molecule has 72 valence electrons. The molecule has 1 aliphatic heterocycles. The van der Waals surface area contributed by atoms with Crippen LogP contribution in [0, 0.1) is 0 Å². The maximum Gasteiger partial charge on any atom is 0.345 e. The second-order valence-corrected chi connectivity index (χ2v) is 3.95. The van der Waals surface area contributed by atoms with Crippen LogP contribution in [0.4, 0.5) is 0 Å². The number of rotatable bonds is 2. The highest BCUT2D eigenvalue weighted by atomic mass is 79.9. The highest BCUT2D eigenvalue weighted by Gasteiger charge is 2.21. The molecule has 1 aromatic rings. The third-order valence-corrected chi connectivity index (χ3v) is 3.01. The molecule has 1 aliphatic rings. The molecule has 0 N–H and O–H groups in total. The van der Waals surface area contributed by atoms with Gasteiger partial charge in [0.05, 0.1) is 0 Å². The summed E-state index contributed by atoms with van der Waals surface area (Å²) in [5.74, 6) is -0.254. The van der Waals surface area contributed by atoms with E-state index in [1.54, 1.807) is 0 Å². The van der Waals surface area contributed by atoms with Crippen molar-refractivity contribution in [1.82, 2.24) is 0 Å². The molecule has 0 aromatic heterocycles. The summed E-state index contributed by atoms with van der Waals surface area (Å²) in [6.07, 6.45) is 0.771. The van der Waals surface area contributed by atoms with Gasteiger partial charge in [0.25, 0.3) is 0 Å². The monoisotopic (exact) mass is 252 g/mol. The third kappa shape index (κ3) is 1.87. The Kier molecular flexibility index (Phi) is 2.68. The number of halogens is 1. The predicted octanol–water partition coefficient (Wildman–Crippen LogP) is 2.43. The fraction of sp³-hybridized carbons (Fsp3) is 0.182. The Morgan fingerprint density at radius 3 is 2.57 bits per heavy atom. The Morgan fingerprint density at radius 2 is 2.00 bits per heavy atom. The van der Waals surface area contributed by atoms with Gasteiger partial charge in [-0.1, -0.05) is 30.3 Å². The molecule has 2 rings (SSSR count). The first-order valence-corrected chi connectivity index (χ1v) is 5.15. The summed E-state index contributed by atoms with van der Waals surface area (Å²) < 4.78 is 5.47. The number of esters is 1. The minimum Gasteiger partial charge on any atom is -0.457 e. The summed E-state index contributed by atoms with van der Waals surface area (Å²) in [5, 5.41) is 0. The normalized spacial score (nSPS) is 15.9. The molecule has 1 aromatic carbocycles. The molecule has 0 radical (unpaired) electrons. The van der Waals surface area contributed by atoms with Crippen LogP contribution in [-0.4, -0.2) is 12.6 Å². The van der Waals surface area contributed by atoms with Gasteiger partial charge in [0.1, 0.15) is 11.1 Å². The SMILES string of the molecule is O=C1OCC(Cc2ccccc2)=C1Br. The molecule has 14 heavy (non-hydrogen) atoms. The van der Waals surface area contributed by atoms with Crippen molar-refractivity contribution in [2.45, 2.75) is 6.42 Å². The average Bonchev–Trinajstić information content (AvgIpc) is 2.52. The molecule has 0 aliphatic carbocycles. The van der Waals surface area contributed by atoms with Crippen molar-refractivity contribution in [3.05, 3.63) is 46.0 Å². The lowest BCUT2D eigenvalue weighted by Crippen LogP contribution is -1.94. The first kappa shape index (κ1) is 9.46. The minimum absolute atomic E-state index is 0.254. The van der Waals surface area contributed by atoms with Crippen LogP contribution in [-0.2, 0) is 16.0 Å². The summed E-state index contributed by atoms with van der Waals surface area (Å²) in [6.45, 7) is 0.411. The average molecular weight is 253 g/mol. The van der Waals surface area contributed by atoms with Crippen molar-refractivity contribution in [2.75, 3.05) is 6.61 Å². The van der Waals surface area contributed by atoms with Gasteiger partial charge in [0.2, 0.25) is 0 Å². The van der Waals surface area contributed by atoms with E-state index in [0.29, 0.717) is 11.1 Å². The maximum absolute atomic E-state index is 11.0. The quantitative estimate of drug-likeness (QED) is 0.756. The first-order valence-electron chi connectivity index (χ1n) is 4.36. The Bertz CT molecular complexity index is 382. The molecule has 0 atom stereocenters. The second kappa shape index (κ2) is 3.96. The predicted molar refractivity (Wildman–Crippen MR) is 57.1 cm³/mol. The van der Waals surface area contributed by atoms with E-state index in [-0.39, 0.29) is 5.97 Å². The van der Waals surface area contributed by atoms with Gasteiger partial charge in [-0.2, -0.15) is 0 Å². The number of carbonyl (C=O) groups excluding carboxylic acids is 1. The number of hydrogen-bond acceptors (Lipinski definition) is 2. The molecule has 0 amide bonds. The largest absolute Gasteiger partial charge is 0.457 e. The van der Waals surface area contributed by atoms with Crippen LogP contribution >= 0.6 is 15.9 Å². The molecule has 0 spiro atoms. The summed E-state index contributed by atoms with van der Waals surface area (Å²) in [7, 11) is 0. The fourth-order valence-corrected chi connectivity index (χ4v) is 1.76. The summed E-state index contributed by atoms with van der Waals surface area (Å²) in [6, 6.07) is 10.0. The van der Waals surface area contributed by atoms with E-state index in [9.17, 15) is 4.79 Å². The van der Waals surface area contributed by atoms with Crippen molar-refractivity contribution >= 4 is 21.9 Å². The zero-order valence-electron chi connectivity index (χ0n) is 7.50. The summed E-state index contributed by atoms with van der Waals surface area (Å²) >= 11 is 3.23. The fourth-order valence-electron chi connectivity index (χ4n) is 1.39. The van der Waals surface area contributed by atoms with E-state index in [0.717, 1.165) is 12.0 Å². The third-order valence-electron chi connectivity index (χ3n) is 2.13. The van der Waals surface area contributed by atoms with Crippen molar-refractivity contribution in [3.8, 4) is 0 Å². The molecule has 0 fully saturated rings. The Labute approximate surface area is 90.7 Å². The van der Waals surface area contributed by atoms with Crippen LogP contribution in [0.15, 0.2) is 40.4 Å². The minimum atomic E-state index is -0.254. The Hall–Kier alpha value is -1.09. The van der Waals surface area contributed by atoms with Crippen molar-refractivity contribution in [2.24, 2.45) is 0 Å². The van der Waals surface area contributed by atoms with E-state index in [1.165, 1.54) is 5.56 Å². The lowest BCUT2D eigenvalue weighted by atomic mass is 10.1. The molecule has 1 heterocycles. The molecule has 3 heteroatoms. The van der Waals surface area contributed by atoms with Crippen LogP contribution in [0.25, 0.3) is 0 Å². The molecule has 0 bridgehead atoms. The first-order chi connectivity index (χ1) is 6.77. The van der Waals surface area contributed by atoms with Gasteiger partial charge in [-0.25, -0.2) is 4.79 Å². The lowest BCUT2D eigenvalue weighted by molar-refractivity contribution is -0.135. The van der Waals surface area contributed by atoms with Crippen LogP contribution in [0.3, 0.4) is 0 Å². The lowest BCUT2D eigenvalue weighted by Gasteiger charge is -2.00. The van der Waals surface area contributed by atoms with Gasteiger partial charge < -0.3 is 4.74 Å². The molecule has 0 saturated heterocycles. The summed E-state index contributed by atoms with van der Waals surface area (Å²) in [5.41, 5.74) is 2.21. The van der Waals surface area contributed by atoms with E-state index < -0.39 is 0 Å². The smallest absolute Gasteiger partial charge is 0.345 e. The number of cyclic esters (lactones) is 1. The van der Waals surface area contributed by atoms with Gasteiger partial charge >= 0.3 is 5.97 Å². The van der Waals surface area contributed by atoms with Crippen molar-refractivity contribution in [3.63, 3.8) is 0 Å². The van der Waals surface area contributed by atoms with Crippen LogP contribution in [0.5, 0.6) is 0 Å². The van der Waals surface area contributed by atoms with Gasteiger partial charge in [-0.15, -0.1) is 0 Å². The zero-order chi connectivity index (χ0) is 9.97. The Balaban J connectivity index is 2.17. The van der Waals surface area contributed by atoms with E-state index in [4.69, 9.17) is 4.74 Å².